The summed E-state index contributed by atoms with van der Waals surface area (Å²) in [5.74, 6) is -0.356. The number of rotatable bonds is 4. The monoisotopic (exact) mass is 217 g/mol. The predicted molar refractivity (Wildman–Crippen MR) is 53.4 cm³/mol. The Morgan fingerprint density at radius 2 is 1.87 bits per heavy atom. The molecule has 84 valence electrons. The van der Waals surface area contributed by atoms with E-state index in [2.05, 4.69) is 5.32 Å². The molecule has 2 atom stereocenters. The molecule has 0 saturated carbocycles. The topological polar surface area (TPSA) is 12.0 Å². The van der Waals surface area contributed by atoms with Gasteiger partial charge in [-0.05, 0) is 31.5 Å². The molecule has 1 unspecified atom stereocenters. The molecular formula is C11H14F3N. The zero-order valence-corrected chi connectivity index (χ0v) is 8.68. The van der Waals surface area contributed by atoms with Gasteiger partial charge >= 0.3 is 0 Å². The van der Waals surface area contributed by atoms with Crippen molar-refractivity contribution in [3.63, 3.8) is 0 Å². The number of halogens is 3. The van der Waals surface area contributed by atoms with Crippen LogP contribution in [0.1, 0.15) is 25.5 Å². The molecule has 0 aromatic heterocycles. The summed E-state index contributed by atoms with van der Waals surface area (Å²) in [6.07, 6.45) is -2.42. The van der Waals surface area contributed by atoms with Gasteiger partial charge in [0.1, 0.15) is 5.82 Å². The van der Waals surface area contributed by atoms with Crippen LogP contribution in [0.4, 0.5) is 13.2 Å². The van der Waals surface area contributed by atoms with Crippen LogP contribution in [0, 0.1) is 5.82 Å². The first-order chi connectivity index (χ1) is 7.00. The van der Waals surface area contributed by atoms with Crippen molar-refractivity contribution >= 4 is 0 Å². The quantitative estimate of drug-likeness (QED) is 0.817. The second kappa shape index (κ2) is 5.16. The summed E-state index contributed by atoms with van der Waals surface area (Å²) in [5.41, 5.74) is 0.669. The summed E-state index contributed by atoms with van der Waals surface area (Å²) >= 11 is 0. The van der Waals surface area contributed by atoms with Gasteiger partial charge in [-0.25, -0.2) is 13.2 Å². The number of nitrogens with one attached hydrogen (secondary N) is 1. The van der Waals surface area contributed by atoms with Crippen molar-refractivity contribution in [2.45, 2.75) is 32.4 Å². The van der Waals surface area contributed by atoms with Crippen LogP contribution in [0.3, 0.4) is 0 Å². The highest BCUT2D eigenvalue weighted by Crippen LogP contribution is 2.15. The summed E-state index contributed by atoms with van der Waals surface area (Å²) in [6.45, 7) is 3.13. The minimum atomic E-state index is -2.42. The molecular weight excluding hydrogens is 203 g/mol. The average Bonchev–Trinajstić information content (AvgIpc) is 2.17. The van der Waals surface area contributed by atoms with Crippen LogP contribution >= 0.6 is 0 Å². The first-order valence-electron chi connectivity index (χ1n) is 4.80. The van der Waals surface area contributed by atoms with Crippen molar-refractivity contribution in [2.75, 3.05) is 0 Å². The van der Waals surface area contributed by atoms with Gasteiger partial charge in [0.25, 0.3) is 6.43 Å². The van der Waals surface area contributed by atoms with E-state index < -0.39 is 12.5 Å². The maximum atomic E-state index is 12.8. The molecule has 0 aliphatic carbocycles. The molecule has 15 heavy (non-hydrogen) atoms. The highest BCUT2D eigenvalue weighted by Gasteiger charge is 2.17. The summed E-state index contributed by atoms with van der Waals surface area (Å²) in [7, 11) is 0. The van der Waals surface area contributed by atoms with E-state index in [1.165, 1.54) is 19.1 Å². The molecule has 1 nitrogen and oxygen atoms in total. The Morgan fingerprint density at radius 1 is 1.20 bits per heavy atom. The highest BCUT2D eigenvalue weighted by molar-refractivity contribution is 5.19. The largest absolute Gasteiger partial charge is 0.302 e. The Kier molecular flexibility index (Phi) is 4.15. The van der Waals surface area contributed by atoms with Gasteiger partial charge in [-0.15, -0.1) is 0 Å². The number of hydrogen-bond acceptors (Lipinski definition) is 1. The standard InChI is InChI=1S/C11H14F3N/c1-7(15-8(2)11(13)14)9-4-3-5-10(12)6-9/h3-8,11,15H,1-2H3/t7-,8?/m1/s1. The van der Waals surface area contributed by atoms with Gasteiger partial charge in [-0.1, -0.05) is 12.1 Å². The molecule has 1 aromatic carbocycles. The van der Waals surface area contributed by atoms with Gasteiger partial charge in [-0.3, -0.25) is 0 Å². The lowest BCUT2D eigenvalue weighted by Crippen LogP contribution is -2.34. The molecule has 1 aromatic rings. The van der Waals surface area contributed by atoms with Crippen LogP contribution in [-0.4, -0.2) is 12.5 Å². The SMILES string of the molecule is CC(N[C@H](C)c1cccc(F)c1)C(F)F. The molecule has 0 fully saturated rings. The molecule has 4 heteroatoms. The first-order valence-corrected chi connectivity index (χ1v) is 4.80. The third-order valence-corrected chi connectivity index (χ3v) is 2.24. The Bertz CT molecular complexity index is 314. The van der Waals surface area contributed by atoms with Crippen molar-refractivity contribution in [3.8, 4) is 0 Å². The minimum absolute atomic E-state index is 0.287. The van der Waals surface area contributed by atoms with E-state index in [1.807, 2.05) is 0 Å². The fraction of sp³-hybridized carbons (Fsp3) is 0.455. The molecule has 0 aliphatic heterocycles. The smallest absolute Gasteiger partial charge is 0.253 e. The van der Waals surface area contributed by atoms with Crippen LogP contribution < -0.4 is 5.32 Å². The van der Waals surface area contributed by atoms with Crippen molar-refractivity contribution in [1.82, 2.24) is 5.32 Å². The third kappa shape index (κ3) is 3.55. The molecule has 1 rings (SSSR count). The number of hydrogen-bond donors (Lipinski definition) is 1. The average molecular weight is 217 g/mol. The summed E-state index contributed by atoms with van der Waals surface area (Å²) in [4.78, 5) is 0. The normalized spacial score (nSPS) is 15.3. The van der Waals surface area contributed by atoms with E-state index >= 15 is 0 Å². The van der Waals surface area contributed by atoms with Gasteiger partial charge < -0.3 is 5.32 Å². The summed E-state index contributed by atoms with van der Waals surface area (Å²) in [6, 6.07) is 4.75. The van der Waals surface area contributed by atoms with Crippen LogP contribution in [0.25, 0.3) is 0 Å². The molecule has 0 spiro atoms. The lowest BCUT2D eigenvalue weighted by atomic mass is 10.1. The second-order valence-corrected chi connectivity index (χ2v) is 3.57. The van der Waals surface area contributed by atoms with Crippen molar-refractivity contribution in [1.29, 1.82) is 0 Å². The van der Waals surface area contributed by atoms with E-state index in [-0.39, 0.29) is 11.9 Å². The summed E-state index contributed by atoms with van der Waals surface area (Å²) in [5, 5.41) is 2.71. The lowest BCUT2D eigenvalue weighted by molar-refractivity contribution is 0.101. The Morgan fingerprint density at radius 3 is 2.40 bits per heavy atom. The molecule has 0 radical (unpaired) electrons. The Balaban J connectivity index is 2.64. The maximum absolute atomic E-state index is 12.8. The van der Waals surface area contributed by atoms with Crippen molar-refractivity contribution < 1.29 is 13.2 Å². The van der Waals surface area contributed by atoms with Gasteiger partial charge in [-0.2, -0.15) is 0 Å². The van der Waals surface area contributed by atoms with Gasteiger partial charge in [0, 0.05) is 6.04 Å². The number of benzene rings is 1. The minimum Gasteiger partial charge on any atom is -0.302 e. The van der Waals surface area contributed by atoms with Crippen LogP contribution in [0.2, 0.25) is 0 Å². The molecule has 0 heterocycles. The highest BCUT2D eigenvalue weighted by atomic mass is 19.3. The molecule has 1 N–H and O–H groups in total. The van der Waals surface area contributed by atoms with Gasteiger partial charge in [0.05, 0.1) is 6.04 Å². The predicted octanol–water partition coefficient (Wildman–Crippen LogP) is 3.13. The molecule has 0 bridgehead atoms. The molecule has 0 aliphatic rings. The first kappa shape index (κ1) is 12.0. The Labute approximate surface area is 87.3 Å². The van der Waals surface area contributed by atoms with Gasteiger partial charge in [0.15, 0.2) is 0 Å². The zero-order valence-electron chi connectivity index (χ0n) is 8.68. The zero-order chi connectivity index (χ0) is 11.4. The van der Waals surface area contributed by atoms with E-state index in [0.717, 1.165) is 0 Å². The van der Waals surface area contributed by atoms with Crippen LogP contribution in [-0.2, 0) is 0 Å². The van der Waals surface area contributed by atoms with Crippen LogP contribution in [0.5, 0.6) is 0 Å². The van der Waals surface area contributed by atoms with Gasteiger partial charge in [0.2, 0.25) is 0 Å². The number of alkyl halides is 2. The summed E-state index contributed by atoms with van der Waals surface area (Å²) < 4.78 is 37.3. The van der Waals surface area contributed by atoms with E-state index in [1.54, 1.807) is 19.1 Å². The van der Waals surface area contributed by atoms with E-state index in [9.17, 15) is 13.2 Å². The fourth-order valence-corrected chi connectivity index (χ4v) is 1.34. The Hall–Kier alpha value is -1.03. The molecule has 0 amide bonds. The van der Waals surface area contributed by atoms with Crippen molar-refractivity contribution in [3.05, 3.63) is 35.6 Å². The van der Waals surface area contributed by atoms with Crippen molar-refractivity contribution in [2.24, 2.45) is 0 Å². The third-order valence-electron chi connectivity index (χ3n) is 2.24. The maximum Gasteiger partial charge on any atom is 0.253 e. The molecule has 0 saturated heterocycles. The van der Waals surface area contributed by atoms with E-state index in [4.69, 9.17) is 0 Å². The van der Waals surface area contributed by atoms with Crippen LogP contribution in [0.15, 0.2) is 24.3 Å². The lowest BCUT2D eigenvalue weighted by Gasteiger charge is -2.19. The second-order valence-electron chi connectivity index (χ2n) is 3.57. The fourth-order valence-electron chi connectivity index (χ4n) is 1.34. The van der Waals surface area contributed by atoms with E-state index in [0.29, 0.717) is 5.56 Å².